The van der Waals surface area contributed by atoms with E-state index in [9.17, 15) is 0 Å². The first-order valence-corrected chi connectivity index (χ1v) is 6.86. The third-order valence-corrected chi connectivity index (χ3v) is 3.56. The van der Waals surface area contributed by atoms with E-state index in [4.69, 9.17) is 0 Å². The molecule has 0 spiro atoms. The molecule has 1 aromatic carbocycles. The van der Waals surface area contributed by atoms with Crippen molar-refractivity contribution in [2.24, 2.45) is 0 Å². The van der Waals surface area contributed by atoms with Crippen molar-refractivity contribution >= 4 is 11.3 Å². The van der Waals surface area contributed by atoms with Gasteiger partial charge in [-0.05, 0) is 19.0 Å². The summed E-state index contributed by atoms with van der Waals surface area (Å²) >= 11 is 1.72. The molecule has 0 aliphatic heterocycles. The number of hydrogen-bond acceptors (Lipinski definition) is 3. The molecule has 1 atom stereocenters. The predicted molar refractivity (Wildman–Crippen MR) is 73.4 cm³/mol. The van der Waals surface area contributed by atoms with Gasteiger partial charge in [-0.25, -0.2) is 4.98 Å². The highest BCUT2D eigenvalue weighted by Gasteiger charge is 2.12. The number of benzene rings is 1. The van der Waals surface area contributed by atoms with Gasteiger partial charge in [-0.2, -0.15) is 0 Å². The van der Waals surface area contributed by atoms with Crippen LogP contribution in [0, 0.1) is 6.92 Å². The van der Waals surface area contributed by atoms with Crippen molar-refractivity contribution in [1.82, 2.24) is 10.3 Å². The lowest BCUT2D eigenvalue weighted by molar-refractivity contribution is 0.548. The van der Waals surface area contributed by atoms with E-state index < -0.39 is 0 Å². The molecule has 0 fully saturated rings. The lowest BCUT2D eigenvalue weighted by Gasteiger charge is -2.17. The van der Waals surface area contributed by atoms with Gasteiger partial charge in [0.05, 0.1) is 5.01 Å². The molecule has 17 heavy (non-hydrogen) atoms. The van der Waals surface area contributed by atoms with Crippen molar-refractivity contribution in [1.29, 1.82) is 0 Å². The minimum absolute atomic E-state index is 0.367. The van der Waals surface area contributed by atoms with Crippen LogP contribution in [0.25, 0.3) is 0 Å². The van der Waals surface area contributed by atoms with Crippen molar-refractivity contribution in [3.8, 4) is 0 Å². The molecule has 1 aromatic heterocycles. The zero-order chi connectivity index (χ0) is 12.1. The highest BCUT2D eigenvalue weighted by molar-refractivity contribution is 7.09. The molecule has 1 unspecified atom stereocenters. The van der Waals surface area contributed by atoms with E-state index in [1.54, 1.807) is 11.3 Å². The third-order valence-electron chi connectivity index (χ3n) is 2.76. The van der Waals surface area contributed by atoms with Crippen molar-refractivity contribution < 1.29 is 0 Å². The quantitative estimate of drug-likeness (QED) is 0.875. The Morgan fingerprint density at radius 1 is 1.41 bits per heavy atom. The van der Waals surface area contributed by atoms with E-state index >= 15 is 0 Å². The van der Waals surface area contributed by atoms with Crippen LogP contribution in [0.4, 0.5) is 0 Å². The summed E-state index contributed by atoms with van der Waals surface area (Å²) < 4.78 is 0. The largest absolute Gasteiger partial charge is 0.310 e. The van der Waals surface area contributed by atoms with Gasteiger partial charge in [-0.3, -0.25) is 0 Å². The van der Waals surface area contributed by atoms with E-state index in [-0.39, 0.29) is 0 Å². The second-order valence-electron chi connectivity index (χ2n) is 4.15. The van der Waals surface area contributed by atoms with Gasteiger partial charge in [0.25, 0.3) is 0 Å². The second-order valence-corrected chi connectivity index (χ2v) is 5.13. The van der Waals surface area contributed by atoms with Crippen LogP contribution in [0.3, 0.4) is 0 Å². The Kier molecular flexibility index (Phi) is 4.29. The number of hydrogen-bond donors (Lipinski definition) is 1. The summed E-state index contributed by atoms with van der Waals surface area (Å²) in [6, 6.07) is 9.06. The molecule has 90 valence electrons. The molecule has 3 heteroatoms. The standard InChI is InChI=1S/C14H18N2S/c1-3-15-13(10-14-16-7-8-17-14)12-6-4-5-11(2)9-12/h4-9,13,15H,3,10H2,1-2H3. The number of thiazole rings is 1. The summed E-state index contributed by atoms with van der Waals surface area (Å²) in [7, 11) is 0. The van der Waals surface area contributed by atoms with E-state index in [0.29, 0.717) is 6.04 Å². The van der Waals surface area contributed by atoms with Gasteiger partial charge < -0.3 is 5.32 Å². The topological polar surface area (TPSA) is 24.9 Å². The fourth-order valence-electron chi connectivity index (χ4n) is 1.97. The number of nitrogens with zero attached hydrogens (tertiary/aromatic N) is 1. The molecule has 0 amide bonds. The molecule has 0 radical (unpaired) electrons. The van der Waals surface area contributed by atoms with Crippen LogP contribution in [-0.4, -0.2) is 11.5 Å². The van der Waals surface area contributed by atoms with Gasteiger partial charge in [-0.1, -0.05) is 36.8 Å². The normalized spacial score (nSPS) is 12.6. The van der Waals surface area contributed by atoms with E-state index in [1.165, 1.54) is 16.1 Å². The molecule has 0 bridgehead atoms. The Morgan fingerprint density at radius 2 is 2.29 bits per heavy atom. The Bertz CT molecular complexity index is 451. The lowest BCUT2D eigenvalue weighted by atomic mass is 10.0. The van der Waals surface area contributed by atoms with E-state index in [1.807, 2.05) is 11.6 Å². The molecule has 0 aliphatic rings. The molecular weight excluding hydrogens is 228 g/mol. The van der Waals surface area contributed by atoms with E-state index in [0.717, 1.165) is 13.0 Å². The monoisotopic (exact) mass is 246 g/mol. The van der Waals surface area contributed by atoms with Crippen molar-refractivity contribution in [3.63, 3.8) is 0 Å². The average Bonchev–Trinajstić information content (AvgIpc) is 2.81. The number of rotatable bonds is 5. The van der Waals surface area contributed by atoms with Crippen LogP contribution in [-0.2, 0) is 6.42 Å². The minimum Gasteiger partial charge on any atom is -0.310 e. The molecule has 2 nitrogen and oxygen atoms in total. The summed E-state index contributed by atoms with van der Waals surface area (Å²) in [5, 5.41) is 6.76. The Balaban J connectivity index is 2.16. The minimum atomic E-state index is 0.367. The predicted octanol–water partition coefficient (Wildman–Crippen LogP) is 3.34. The first kappa shape index (κ1) is 12.3. The first-order valence-electron chi connectivity index (χ1n) is 5.98. The summed E-state index contributed by atoms with van der Waals surface area (Å²) in [5.41, 5.74) is 2.66. The number of aromatic nitrogens is 1. The fraction of sp³-hybridized carbons (Fsp3) is 0.357. The molecule has 0 saturated carbocycles. The smallest absolute Gasteiger partial charge is 0.0943 e. The molecule has 2 rings (SSSR count). The number of aryl methyl sites for hydroxylation is 1. The Morgan fingerprint density at radius 3 is 2.94 bits per heavy atom. The van der Waals surface area contributed by atoms with Crippen LogP contribution >= 0.6 is 11.3 Å². The van der Waals surface area contributed by atoms with Gasteiger partial charge in [0.2, 0.25) is 0 Å². The zero-order valence-electron chi connectivity index (χ0n) is 10.3. The summed E-state index contributed by atoms with van der Waals surface area (Å²) in [6.45, 7) is 5.25. The Hall–Kier alpha value is -1.19. The SMILES string of the molecule is CCNC(Cc1nccs1)c1cccc(C)c1. The van der Waals surface area contributed by atoms with Gasteiger partial charge in [-0.15, -0.1) is 11.3 Å². The van der Waals surface area contributed by atoms with E-state index in [2.05, 4.69) is 48.4 Å². The number of likely N-dealkylation sites (N-methyl/N-ethyl adjacent to an activating group) is 1. The number of nitrogens with one attached hydrogen (secondary N) is 1. The second kappa shape index (κ2) is 5.94. The fourth-order valence-corrected chi connectivity index (χ4v) is 2.63. The van der Waals surface area contributed by atoms with Crippen LogP contribution < -0.4 is 5.32 Å². The highest BCUT2D eigenvalue weighted by Crippen LogP contribution is 2.20. The van der Waals surface area contributed by atoms with Crippen LogP contribution in [0.5, 0.6) is 0 Å². The van der Waals surface area contributed by atoms with Gasteiger partial charge in [0.15, 0.2) is 0 Å². The Labute approximate surface area is 107 Å². The lowest BCUT2D eigenvalue weighted by Crippen LogP contribution is -2.22. The van der Waals surface area contributed by atoms with Gasteiger partial charge in [0.1, 0.15) is 0 Å². The van der Waals surface area contributed by atoms with Crippen molar-refractivity contribution in [2.45, 2.75) is 26.3 Å². The first-order chi connectivity index (χ1) is 8.29. The van der Waals surface area contributed by atoms with Crippen molar-refractivity contribution in [2.75, 3.05) is 6.54 Å². The van der Waals surface area contributed by atoms with Crippen LogP contribution in [0.2, 0.25) is 0 Å². The van der Waals surface area contributed by atoms with Crippen molar-refractivity contribution in [3.05, 3.63) is 52.0 Å². The molecule has 1 heterocycles. The summed E-state index contributed by atoms with van der Waals surface area (Å²) in [6.07, 6.45) is 2.84. The maximum Gasteiger partial charge on any atom is 0.0943 e. The molecule has 0 aliphatic carbocycles. The van der Waals surface area contributed by atoms with Gasteiger partial charge >= 0.3 is 0 Å². The maximum atomic E-state index is 4.36. The van der Waals surface area contributed by atoms with Crippen LogP contribution in [0.15, 0.2) is 35.8 Å². The molecule has 2 aromatic rings. The third kappa shape index (κ3) is 3.38. The summed E-state index contributed by atoms with van der Waals surface area (Å²) in [5.74, 6) is 0. The molecular formula is C14H18N2S. The molecule has 1 N–H and O–H groups in total. The van der Waals surface area contributed by atoms with Gasteiger partial charge in [0, 0.05) is 24.0 Å². The maximum absolute atomic E-state index is 4.36. The highest BCUT2D eigenvalue weighted by atomic mass is 32.1. The average molecular weight is 246 g/mol. The summed E-state index contributed by atoms with van der Waals surface area (Å²) in [4.78, 5) is 4.36. The molecule has 0 saturated heterocycles. The zero-order valence-corrected chi connectivity index (χ0v) is 11.1. The van der Waals surface area contributed by atoms with Crippen LogP contribution in [0.1, 0.15) is 29.1 Å².